The number of para-hydroxylation sites is 2. The maximum Gasteiger partial charge on any atom is 0.292 e. The number of methoxy groups -OCH3 is 1. The topological polar surface area (TPSA) is 93.5 Å². The van der Waals surface area contributed by atoms with Crippen molar-refractivity contribution < 1.29 is 14.5 Å². The van der Waals surface area contributed by atoms with Gasteiger partial charge in [-0.05, 0) is 29.3 Å². The Kier molecular flexibility index (Phi) is 7.00. The predicted octanol–water partition coefficient (Wildman–Crippen LogP) is 4.31. The van der Waals surface area contributed by atoms with Gasteiger partial charge in [0, 0.05) is 19.0 Å². The van der Waals surface area contributed by atoms with E-state index in [0.717, 1.165) is 16.9 Å². The lowest BCUT2D eigenvalue weighted by Crippen LogP contribution is -2.30. The van der Waals surface area contributed by atoms with E-state index in [0.29, 0.717) is 5.69 Å². The number of carbonyl (C=O) groups excluding carboxylic acids is 1. The van der Waals surface area contributed by atoms with E-state index in [1.54, 1.807) is 25.3 Å². The minimum Gasteiger partial charge on any atom is -0.497 e. The molecule has 0 saturated carbocycles. The Balaban J connectivity index is 1.67. The van der Waals surface area contributed by atoms with Crippen LogP contribution in [0.1, 0.15) is 23.6 Å². The van der Waals surface area contributed by atoms with Gasteiger partial charge in [0.15, 0.2) is 0 Å². The van der Waals surface area contributed by atoms with E-state index in [2.05, 4.69) is 10.6 Å². The molecule has 0 fully saturated rings. The Bertz CT molecular complexity index is 991. The van der Waals surface area contributed by atoms with E-state index in [4.69, 9.17) is 4.74 Å². The molecule has 1 unspecified atom stereocenters. The molecule has 0 aromatic heterocycles. The van der Waals surface area contributed by atoms with Crippen molar-refractivity contribution in [2.75, 3.05) is 19.0 Å². The molecule has 1 amide bonds. The fourth-order valence-electron chi connectivity index (χ4n) is 3.13. The van der Waals surface area contributed by atoms with Crippen LogP contribution in [0.2, 0.25) is 0 Å². The van der Waals surface area contributed by atoms with Crippen molar-refractivity contribution in [1.29, 1.82) is 0 Å². The second kappa shape index (κ2) is 10.1. The molecule has 0 aliphatic carbocycles. The number of anilines is 1. The number of hydrogen-bond acceptors (Lipinski definition) is 5. The van der Waals surface area contributed by atoms with Gasteiger partial charge in [0.2, 0.25) is 5.91 Å². The number of nitrogens with zero attached hydrogens (tertiary/aromatic N) is 1. The van der Waals surface area contributed by atoms with Crippen LogP contribution in [0.4, 0.5) is 11.4 Å². The highest BCUT2D eigenvalue weighted by Crippen LogP contribution is 2.25. The van der Waals surface area contributed by atoms with Crippen molar-refractivity contribution >= 4 is 17.3 Å². The fraction of sp³-hybridized carbons (Fsp3) is 0.174. The van der Waals surface area contributed by atoms with Crippen molar-refractivity contribution in [3.8, 4) is 5.75 Å². The molecule has 0 bridgehead atoms. The van der Waals surface area contributed by atoms with Gasteiger partial charge in [0.25, 0.3) is 5.69 Å². The van der Waals surface area contributed by atoms with E-state index in [-0.39, 0.29) is 30.6 Å². The van der Waals surface area contributed by atoms with Crippen molar-refractivity contribution in [1.82, 2.24) is 5.32 Å². The van der Waals surface area contributed by atoms with Crippen LogP contribution in [0.15, 0.2) is 78.9 Å². The number of rotatable bonds is 9. The van der Waals surface area contributed by atoms with Gasteiger partial charge < -0.3 is 15.4 Å². The summed E-state index contributed by atoms with van der Waals surface area (Å²) in [4.78, 5) is 23.3. The highest BCUT2D eigenvalue weighted by atomic mass is 16.6. The van der Waals surface area contributed by atoms with Crippen LogP contribution in [0.25, 0.3) is 0 Å². The second-order valence-electron chi connectivity index (χ2n) is 6.64. The fourth-order valence-corrected chi connectivity index (χ4v) is 3.13. The SMILES string of the molecule is COc1ccc(C(NC(=O)CCNc2ccccc2[N+](=O)[O-])c2ccccc2)cc1. The summed E-state index contributed by atoms with van der Waals surface area (Å²) in [5.41, 5.74) is 2.27. The summed E-state index contributed by atoms with van der Waals surface area (Å²) < 4.78 is 5.21. The van der Waals surface area contributed by atoms with Gasteiger partial charge in [-0.2, -0.15) is 0 Å². The summed E-state index contributed by atoms with van der Waals surface area (Å²) in [6.07, 6.45) is 0.172. The first-order valence-corrected chi connectivity index (χ1v) is 9.54. The number of ether oxygens (including phenoxy) is 1. The summed E-state index contributed by atoms with van der Waals surface area (Å²) in [5, 5.41) is 17.1. The molecule has 2 N–H and O–H groups in total. The molecular weight excluding hydrogens is 382 g/mol. The summed E-state index contributed by atoms with van der Waals surface area (Å²) >= 11 is 0. The first kappa shape index (κ1) is 20.9. The van der Waals surface area contributed by atoms with Crippen LogP contribution < -0.4 is 15.4 Å². The first-order chi connectivity index (χ1) is 14.6. The van der Waals surface area contributed by atoms with Gasteiger partial charge in [-0.15, -0.1) is 0 Å². The number of benzene rings is 3. The average Bonchev–Trinajstić information content (AvgIpc) is 2.78. The van der Waals surface area contributed by atoms with Crippen molar-refractivity contribution in [2.45, 2.75) is 12.5 Å². The normalized spacial score (nSPS) is 11.4. The molecule has 3 rings (SSSR count). The van der Waals surface area contributed by atoms with E-state index in [1.165, 1.54) is 6.07 Å². The van der Waals surface area contributed by atoms with E-state index in [9.17, 15) is 14.9 Å². The van der Waals surface area contributed by atoms with Gasteiger partial charge in [-0.3, -0.25) is 14.9 Å². The van der Waals surface area contributed by atoms with Crippen molar-refractivity contribution in [3.05, 3.63) is 100 Å². The van der Waals surface area contributed by atoms with Crippen molar-refractivity contribution in [3.63, 3.8) is 0 Å². The zero-order valence-corrected chi connectivity index (χ0v) is 16.6. The average molecular weight is 405 g/mol. The van der Waals surface area contributed by atoms with Gasteiger partial charge >= 0.3 is 0 Å². The van der Waals surface area contributed by atoms with Gasteiger partial charge in [0.1, 0.15) is 11.4 Å². The molecule has 0 aliphatic rings. The predicted molar refractivity (Wildman–Crippen MR) is 116 cm³/mol. The molecule has 0 aliphatic heterocycles. The molecule has 0 saturated heterocycles. The number of nitrogens with one attached hydrogen (secondary N) is 2. The molecule has 0 spiro atoms. The number of nitro benzene ring substituents is 1. The van der Waals surface area contributed by atoms with Crippen LogP contribution in [-0.2, 0) is 4.79 Å². The summed E-state index contributed by atoms with van der Waals surface area (Å²) in [6, 6.07) is 23.3. The third kappa shape index (κ3) is 5.35. The zero-order chi connectivity index (χ0) is 21.3. The van der Waals surface area contributed by atoms with Crippen LogP contribution >= 0.6 is 0 Å². The molecule has 3 aromatic carbocycles. The minimum absolute atomic E-state index is 0.0155. The monoisotopic (exact) mass is 405 g/mol. The maximum absolute atomic E-state index is 12.6. The van der Waals surface area contributed by atoms with Crippen LogP contribution in [0.3, 0.4) is 0 Å². The molecule has 154 valence electrons. The number of amides is 1. The number of nitro groups is 1. The quantitative estimate of drug-likeness (QED) is 0.409. The third-order valence-electron chi connectivity index (χ3n) is 4.66. The lowest BCUT2D eigenvalue weighted by molar-refractivity contribution is -0.384. The maximum atomic E-state index is 12.6. The molecule has 7 nitrogen and oxygen atoms in total. The number of hydrogen-bond donors (Lipinski definition) is 2. The Hall–Kier alpha value is -3.87. The van der Waals surface area contributed by atoms with E-state index >= 15 is 0 Å². The Labute approximate surface area is 174 Å². The standard InChI is InChI=1S/C23H23N3O4/c1-30-19-13-11-18(12-14-19)23(17-7-3-2-4-8-17)25-22(27)15-16-24-20-9-5-6-10-21(20)26(28)29/h2-14,23-24H,15-16H2,1H3,(H,25,27). The summed E-state index contributed by atoms with van der Waals surface area (Å²) in [6.45, 7) is 0.279. The largest absolute Gasteiger partial charge is 0.497 e. The van der Waals surface area contributed by atoms with Crippen LogP contribution in [-0.4, -0.2) is 24.5 Å². The van der Waals surface area contributed by atoms with Gasteiger partial charge in [0.05, 0.1) is 18.1 Å². The van der Waals surface area contributed by atoms with Crippen LogP contribution in [0, 0.1) is 10.1 Å². The summed E-state index contributed by atoms with van der Waals surface area (Å²) in [7, 11) is 1.61. The Morgan fingerprint density at radius 3 is 2.27 bits per heavy atom. The van der Waals surface area contributed by atoms with Crippen LogP contribution in [0.5, 0.6) is 5.75 Å². The van der Waals surface area contributed by atoms with E-state index < -0.39 is 4.92 Å². The smallest absolute Gasteiger partial charge is 0.292 e. The highest BCUT2D eigenvalue weighted by molar-refractivity contribution is 5.77. The lowest BCUT2D eigenvalue weighted by Gasteiger charge is -2.20. The third-order valence-corrected chi connectivity index (χ3v) is 4.66. The molecular formula is C23H23N3O4. The molecule has 0 radical (unpaired) electrons. The molecule has 3 aromatic rings. The van der Waals surface area contributed by atoms with Gasteiger partial charge in [-0.25, -0.2) is 0 Å². The molecule has 1 atom stereocenters. The number of carbonyl (C=O) groups is 1. The second-order valence-corrected chi connectivity index (χ2v) is 6.64. The highest BCUT2D eigenvalue weighted by Gasteiger charge is 2.17. The minimum atomic E-state index is -0.447. The van der Waals surface area contributed by atoms with E-state index in [1.807, 2.05) is 54.6 Å². The lowest BCUT2D eigenvalue weighted by atomic mass is 9.98. The molecule has 30 heavy (non-hydrogen) atoms. The Morgan fingerprint density at radius 2 is 1.60 bits per heavy atom. The zero-order valence-electron chi connectivity index (χ0n) is 16.6. The Morgan fingerprint density at radius 1 is 0.967 bits per heavy atom. The van der Waals surface area contributed by atoms with Gasteiger partial charge in [-0.1, -0.05) is 54.6 Å². The first-order valence-electron chi connectivity index (χ1n) is 9.54. The molecule has 0 heterocycles. The molecule has 7 heteroatoms. The van der Waals surface area contributed by atoms with Crippen molar-refractivity contribution in [2.24, 2.45) is 0 Å². The summed E-state index contributed by atoms with van der Waals surface area (Å²) in [5.74, 6) is 0.580.